The van der Waals surface area contributed by atoms with Crippen molar-refractivity contribution in [1.29, 1.82) is 5.41 Å². The number of carbonyl (C=O) groups is 1. The van der Waals surface area contributed by atoms with Crippen LogP contribution < -0.4 is 5.32 Å². The van der Waals surface area contributed by atoms with Crippen molar-refractivity contribution in [3.63, 3.8) is 0 Å². The van der Waals surface area contributed by atoms with Crippen LogP contribution >= 0.6 is 0 Å². The zero-order valence-corrected chi connectivity index (χ0v) is 8.94. The number of rotatable bonds is 3. The summed E-state index contributed by atoms with van der Waals surface area (Å²) in [6.07, 6.45) is 2.99. The molecule has 1 rings (SSSR count). The van der Waals surface area contributed by atoms with E-state index in [1.165, 1.54) is 0 Å². The second-order valence-electron chi connectivity index (χ2n) is 3.49. The number of nitrogens with one attached hydrogen (secondary N) is 2. The molecule has 1 aliphatic carbocycles. The molecule has 0 aliphatic heterocycles. The number of ketones is 1. The van der Waals surface area contributed by atoms with E-state index in [0.29, 0.717) is 17.7 Å². The lowest BCUT2D eigenvalue weighted by molar-refractivity contribution is -0.115. The van der Waals surface area contributed by atoms with Crippen LogP contribution in [-0.4, -0.2) is 18.0 Å². The second-order valence-corrected chi connectivity index (χ2v) is 3.49. The quantitative estimate of drug-likeness (QED) is 0.675. The maximum Gasteiger partial charge on any atom is 0.166 e. The monoisotopic (exact) mass is 194 g/mol. The molecule has 1 fully saturated rings. The molecular formula is C11H18N2O. The smallest absolute Gasteiger partial charge is 0.166 e. The largest absolute Gasteiger partial charge is 0.388 e. The first kappa shape index (κ1) is 11.0. The average molecular weight is 194 g/mol. The maximum absolute atomic E-state index is 11.6. The van der Waals surface area contributed by atoms with Crippen molar-refractivity contribution in [3.05, 3.63) is 11.3 Å². The van der Waals surface area contributed by atoms with Crippen molar-refractivity contribution in [3.8, 4) is 0 Å². The summed E-state index contributed by atoms with van der Waals surface area (Å²) >= 11 is 0. The van der Waals surface area contributed by atoms with Gasteiger partial charge in [-0.1, -0.05) is 6.92 Å². The van der Waals surface area contributed by atoms with Gasteiger partial charge in [0, 0.05) is 24.4 Å². The van der Waals surface area contributed by atoms with Crippen LogP contribution in [0.2, 0.25) is 0 Å². The fourth-order valence-corrected chi connectivity index (χ4v) is 1.80. The minimum absolute atomic E-state index is 0.138. The highest BCUT2D eigenvalue weighted by atomic mass is 16.1. The first-order valence-electron chi connectivity index (χ1n) is 5.28. The molecule has 0 spiro atoms. The highest BCUT2D eigenvalue weighted by Crippen LogP contribution is 2.20. The van der Waals surface area contributed by atoms with Crippen LogP contribution in [0.15, 0.2) is 11.3 Å². The lowest BCUT2D eigenvalue weighted by atomic mass is 9.89. The highest BCUT2D eigenvalue weighted by molar-refractivity contribution is 6.23. The van der Waals surface area contributed by atoms with Crippen LogP contribution in [0, 0.1) is 5.41 Å². The van der Waals surface area contributed by atoms with Gasteiger partial charge in [0.2, 0.25) is 0 Å². The number of hydrogen-bond donors (Lipinski definition) is 2. The van der Waals surface area contributed by atoms with Crippen LogP contribution in [0.4, 0.5) is 0 Å². The maximum atomic E-state index is 11.6. The molecule has 1 aliphatic rings. The standard InChI is InChI=1S/C11H18N2O/c1-3-9(13-4-2)11-8(12)6-5-7-10(11)14/h12-13H,3-7H2,1-2H3/b11-9+,12-8?. The van der Waals surface area contributed by atoms with Gasteiger partial charge in [-0.2, -0.15) is 0 Å². The summed E-state index contributed by atoms with van der Waals surface area (Å²) in [4.78, 5) is 11.6. The topological polar surface area (TPSA) is 53.0 Å². The van der Waals surface area contributed by atoms with E-state index in [1.807, 2.05) is 13.8 Å². The van der Waals surface area contributed by atoms with Gasteiger partial charge in [0.25, 0.3) is 0 Å². The normalized spacial score (nSPS) is 21.0. The molecule has 1 saturated carbocycles. The van der Waals surface area contributed by atoms with E-state index in [4.69, 9.17) is 5.41 Å². The van der Waals surface area contributed by atoms with Gasteiger partial charge in [-0.15, -0.1) is 0 Å². The molecule has 0 amide bonds. The molecule has 2 N–H and O–H groups in total. The van der Waals surface area contributed by atoms with Crippen LogP contribution in [0.5, 0.6) is 0 Å². The Morgan fingerprint density at radius 1 is 1.43 bits per heavy atom. The molecule has 0 aromatic carbocycles. The SMILES string of the molecule is CCN/C(CC)=C1\C(=N)CCCC1=O. The minimum Gasteiger partial charge on any atom is -0.388 e. The van der Waals surface area contributed by atoms with Crippen molar-refractivity contribution in [2.24, 2.45) is 0 Å². The van der Waals surface area contributed by atoms with Gasteiger partial charge in [-0.25, -0.2) is 0 Å². The van der Waals surface area contributed by atoms with Gasteiger partial charge in [-0.3, -0.25) is 4.79 Å². The van der Waals surface area contributed by atoms with Crippen molar-refractivity contribution in [2.45, 2.75) is 39.5 Å². The predicted molar refractivity (Wildman–Crippen MR) is 57.6 cm³/mol. The third-order valence-corrected chi connectivity index (χ3v) is 2.46. The number of carbonyl (C=O) groups excluding carboxylic acids is 1. The summed E-state index contributed by atoms with van der Waals surface area (Å²) in [7, 11) is 0. The molecule has 0 aromatic rings. The Labute approximate surface area is 85.1 Å². The Hall–Kier alpha value is -1.12. The van der Waals surface area contributed by atoms with E-state index in [2.05, 4.69) is 5.32 Å². The summed E-state index contributed by atoms with van der Waals surface area (Å²) < 4.78 is 0. The van der Waals surface area contributed by atoms with Crippen molar-refractivity contribution in [1.82, 2.24) is 5.32 Å². The van der Waals surface area contributed by atoms with Crippen LogP contribution in [0.1, 0.15) is 39.5 Å². The molecule has 0 radical (unpaired) electrons. The molecule has 3 heteroatoms. The average Bonchev–Trinajstić information content (AvgIpc) is 2.16. The van der Waals surface area contributed by atoms with E-state index in [0.717, 1.165) is 31.5 Å². The van der Waals surface area contributed by atoms with Crippen molar-refractivity contribution >= 4 is 11.5 Å². The summed E-state index contributed by atoms with van der Waals surface area (Å²) in [5.41, 5.74) is 2.11. The fraction of sp³-hybridized carbons (Fsp3) is 0.636. The molecule has 0 unspecified atom stereocenters. The summed E-state index contributed by atoms with van der Waals surface area (Å²) in [6, 6.07) is 0. The third-order valence-electron chi connectivity index (χ3n) is 2.46. The van der Waals surface area contributed by atoms with Gasteiger partial charge in [0.15, 0.2) is 5.78 Å². The fourth-order valence-electron chi connectivity index (χ4n) is 1.80. The number of allylic oxidation sites excluding steroid dienone is 2. The van der Waals surface area contributed by atoms with Crippen LogP contribution in [0.25, 0.3) is 0 Å². The Morgan fingerprint density at radius 3 is 2.64 bits per heavy atom. The molecule has 0 bridgehead atoms. The van der Waals surface area contributed by atoms with Gasteiger partial charge in [0.1, 0.15) is 0 Å². The summed E-state index contributed by atoms with van der Waals surface area (Å²) in [6.45, 7) is 4.83. The Balaban J connectivity index is 2.97. The molecule has 14 heavy (non-hydrogen) atoms. The number of hydrogen-bond acceptors (Lipinski definition) is 3. The molecule has 0 aromatic heterocycles. The van der Waals surface area contributed by atoms with Crippen molar-refractivity contribution in [2.75, 3.05) is 6.54 Å². The van der Waals surface area contributed by atoms with Gasteiger partial charge >= 0.3 is 0 Å². The molecule has 3 nitrogen and oxygen atoms in total. The van der Waals surface area contributed by atoms with E-state index in [-0.39, 0.29) is 5.78 Å². The Kier molecular flexibility index (Phi) is 3.86. The van der Waals surface area contributed by atoms with E-state index in [9.17, 15) is 4.79 Å². The van der Waals surface area contributed by atoms with Gasteiger partial charge in [0.05, 0.1) is 5.57 Å². The van der Waals surface area contributed by atoms with Gasteiger partial charge < -0.3 is 10.7 Å². The molecule has 78 valence electrons. The Morgan fingerprint density at radius 2 is 2.14 bits per heavy atom. The zero-order chi connectivity index (χ0) is 10.6. The first-order valence-corrected chi connectivity index (χ1v) is 5.28. The molecular weight excluding hydrogens is 176 g/mol. The van der Waals surface area contributed by atoms with Crippen molar-refractivity contribution < 1.29 is 4.79 Å². The lowest BCUT2D eigenvalue weighted by Gasteiger charge is -2.19. The number of Topliss-reactive ketones (excluding diaryl/α,β-unsaturated/α-hetero) is 1. The molecule has 0 heterocycles. The summed E-state index contributed by atoms with van der Waals surface area (Å²) in [5.74, 6) is 0.138. The van der Waals surface area contributed by atoms with E-state index in [1.54, 1.807) is 0 Å². The third kappa shape index (κ3) is 2.22. The predicted octanol–water partition coefficient (Wildman–Crippen LogP) is 2.03. The molecule has 0 atom stereocenters. The zero-order valence-electron chi connectivity index (χ0n) is 8.94. The van der Waals surface area contributed by atoms with Gasteiger partial charge in [-0.05, 0) is 26.2 Å². The highest BCUT2D eigenvalue weighted by Gasteiger charge is 2.22. The minimum atomic E-state index is 0.138. The van der Waals surface area contributed by atoms with E-state index < -0.39 is 0 Å². The van der Waals surface area contributed by atoms with Crippen LogP contribution in [-0.2, 0) is 4.79 Å². The first-order chi connectivity index (χ1) is 6.70. The second kappa shape index (κ2) is 4.94. The summed E-state index contributed by atoms with van der Waals surface area (Å²) in [5, 5.41) is 11.0. The molecule has 0 saturated heterocycles. The Bertz CT molecular complexity index is 261. The van der Waals surface area contributed by atoms with E-state index >= 15 is 0 Å². The van der Waals surface area contributed by atoms with Crippen LogP contribution in [0.3, 0.4) is 0 Å². The lowest BCUT2D eigenvalue weighted by Crippen LogP contribution is -2.25.